The number of cyclic esters (lactones) is 1. The number of hydrogen-bond donors (Lipinski definition) is 2. The SMILES string of the molecule is C=CS(=O)(=O)N1CC[C@H]([N+](=O)N(C)[C@H](C(=O)N[C@H]2CC3=NC(CS3)c3ccc4c(c3)c(c(C3=C([C@H](C)OC)N=CCC3)n4C)CC(C)(C)COC(=O)[C@@H]3CCCN(N3)C2=O)C(C)C)C1. The molecular weight excluding hydrogens is 859 g/mol. The molecule has 2 aromatic rings. The Hall–Kier alpha value is -4.43. The molecule has 1 unspecified atom stereocenters. The van der Waals surface area contributed by atoms with Crippen molar-refractivity contribution in [3.8, 4) is 0 Å². The zero-order valence-corrected chi connectivity index (χ0v) is 40.0. The van der Waals surface area contributed by atoms with Crippen LogP contribution in [0.4, 0.5) is 0 Å². The first-order chi connectivity index (χ1) is 30.3. The first-order valence-electron chi connectivity index (χ1n) is 22.3. The number of rotatable bonds is 11. The number of thioether (sulfide) groups is 1. The Morgan fingerprint density at radius 2 is 1.97 bits per heavy atom. The molecule has 6 heterocycles. The molecule has 1 aromatic carbocycles. The van der Waals surface area contributed by atoms with Crippen molar-refractivity contribution in [2.75, 3.05) is 46.2 Å². The molecule has 0 spiro atoms. The lowest BCUT2D eigenvalue weighted by atomic mass is 9.83. The van der Waals surface area contributed by atoms with E-state index in [1.54, 1.807) is 18.9 Å². The second-order valence-electron chi connectivity index (χ2n) is 18.7. The number of hydrogen-bond acceptors (Lipinski definition) is 12. The molecule has 64 heavy (non-hydrogen) atoms. The van der Waals surface area contributed by atoms with Crippen LogP contribution in [-0.4, -0.2) is 138 Å². The maximum absolute atomic E-state index is 14.6. The number of aromatic nitrogens is 1. The van der Waals surface area contributed by atoms with Crippen LogP contribution in [0.3, 0.4) is 0 Å². The van der Waals surface area contributed by atoms with Crippen molar-refractivity contribution in [2.45, 2.75) is 116 Å². The Kier molecular flexibility index (Phi) is 14.3. The zero-order valence-electron chi connectivity index (χ0n) is 38.3. The van der Waals surface area contributed by atoms with Gasteiger partial charge in [-0.05, 0) is 68.2 Å². The number of nitroso groups, excluding NO2 is 1. The minimum absolute atomic E-state index is 0.0445. The number of likely N-dealkylation sites (N-methyl/N-ethyl adjacent to an activating group) is 1. The third kappa shape index (κ3) is 9.73. The summed E-state index contributed by atoms with van der Waals surface area (Å²) in [6.07, 6.45) is 5.34. The van der Waals surface area contributed by atoms with Crippen molar-refractivity contribution >= 4 is 67.3 Å². The number of carbonyl (C=O) groups excluding carboxylic acids is 3. The Morgan fingerprint density at radius 1 is 1.20 bits per heavy atom. The van der Waals surface area contributed by atoms with E-state index in [0.717, 1.165) is 57.2 Å². The van der Waals surface area contributed by atoms with Crippen molar-refractivity contribution in [2.24, 2.45) is 28.4 Å². The Balaban J connectivity index is 1.24. The van der Waals surface area contributed by atoms with E-state index >= 15 is 0 Å². The number of sulfonamides is 1. The molecule has 2 saturated heterocycles. The number of nitrogens with one attached hydrogen (secondary N) is 2. The first-order valence-corrected chi connectivity index (χ1v) is 24.8. The van der Waals surface area contributed by atoms with Crippen LogP contribution in [0.25, 0.3) is 16.5 Å². The van der Waals surface area contributed by atoms with E-state index in [1.807, 2.05) is 27.0 Å². The molecule has 6 bridgehead atoms. The Bertz CT molecular complexity index is 2390. The summed E-state index contributed by atoms with van der Waals surface area (Å²) in [6, 6.07) is 2.67. The van der Waals surface area contributed by atoms with E-state index in [-0.39, 0.29) is 50.6 Å². The summed E-state index contributed by atoms with van der Waals surface area (Å²) >= 11 is 1.55. The largest absolute Gasteiger partial charge is 0.464 e. The number of hydrazine groups is 2. The predicted molar refractivity (Wildman–Crippen MR) is 249 cm³/mol. The maximum Gasteiger partial charge on any atom is 0.324 e. The van der Waals surface area contributed by atoms with Gasteiger partial charge < -0.3 is 19.4 Å². The quantitative estimate of drug-likeness (QED) is 0.181. The summed E-state index contributed by atoms with van der Waals surface area (Å²) in [5, 5.41) is 8.34. The predicted octanol–water partition coefficient (Wildman–Crippen LogP) is 4.67. The fraction of sp³-hybridized carbons (Fsp3) is 0.622. The van der Waals surface area contributed by atoms with Gasteiger partial charge in [0.15, 0.2) is 6.04 Å². The molecule has 17 nitrogen and oxygen atoms in total. The maximum atomic E-state index is 14.6. The molecule has 19 heteroatoms. The van der Waals surface area contributed by atoms with Crippen molar-refractivity contribution in [1.82, 2.24) is 29.6 Å². The number of methoxy groups -OCH3 is 1. The highest BCUT2D eigenvalue weighted by atomic mass is 32.2. The fourth-order valence-corrected chi connectivity index (χ4v) is 11.7. The van der Waals surface area contributed by atoms with Crippen molar-refractivity contribution in [3.05, 3.63) is 57.6 Å². The van der Waals surface area contributed by atoms with Crippen LogP contribution < -0.4 is 10.7 Å². The van der Waals surface area contributed by atoms with Gasteiger partial charge in [0.25, 0.3) is 5.91 Å². The minimum Gasteiger partial charge on any atom is -0.464 e. The summed E-state index contributed by atoms with van der Waals surface area (Å²) in [5.41, 5.74) is 9.01. The molecule has 6 atom stereocenters. The van der Waals surface area contributed by atoms with E-state index in [4.69, 9.17) is 19.5 Å². The van der Waals surface area contributed by atoms with Crippen LogP contribution in [0.15, 0.2) is 45.9 Å². The van der Waals surface area contributed by atoms with Crippen molar-refractivity contribution in [1.29, 1.82) is 0 Å². The van der Waals surface area contributed by atoms with Gasteiger partial charge in [-0.25, -0.2) is 13.8 Å². The second-order valence-corrected chi connectivity index (χ2v) is 21.7. The number of allylic oxidation sites excluding steroid dienone is 1. The van der Waals surface area contributed by atoms with Crippen molar-refractivity contribution < 1.29 is 37.1 Å². The van der Waals surface area contributed by atoms with Gasteiger partial charge in [-0.2, -0.15) is 4.31 Å². The summed E-state index contributed by atoms with van der Waals surface area (Å²) in [5.74, 6) is -1.17. The topological polar surface area (TPSA) is 187 Å². The molecule has 0 radical (unpaired) electrons. The lowest BCUT2D eigenvalue weighted by molar-refractivity contribution is -0.732. The number of ether oxygens (including phenoxy) is 2. The zero-order chi connectivity index (χ0) is 46.2. The van der Waals surface area contributed by atoms with Crippen LogP contribution >= 0.6 is 11.8 Å². The standard InChI is InChI=1S/C45H63N9O8S2/c1-10-64(59,60)52-20-17-30(24-52)54(58)51(8)40(27(2)3)42(55)48-35-22-38-47-36(25-63-38)29-15-16-37-32(21-29)33(41(50(37)7)31-13-11-18-46-39(31)28(4)61-9)23-45(5,6)26-62-44(57)34-14-12-19-53(49-34)43(35)56/h10,15-16,18,21,27-28,30,34-36,40,49H,1,11-14,17,19-20,22-26H2,2-9H3/p+1/t28-,30-,34-,35-,36?,40-/m0/s1. The van der Waals surface area contributed by atoms with Gasteiger partial charge >= 0.3 is 5.97 Å². The van der Waals surface area contributed by atoms with E-state index in [2.05, 4.69) is 61.0 Å². The van der Waals surface area contributed by atoms with Crippen LogP contribution in [0.2, 0.25) is 0 Å². The number of aryl methyl sites for hydroxylation is 1. The van der Waals surface area contributed by atoms with E-state index < -0.39 is 57.4 Å². The summed E-state index contributed by atoms with van der Waals surface area (Å²) in [4.78, 5) is 67.3. The lowest BCUT2D eigenvalue weighted by Gasteiger charge is -2.36. The fourth-order valence-electron chi connectivity index (χ4n) is 9.64. The van der Waals surface area contributed by atoms with Crippen LogP contribution in [0.1, 0.15) is 96.0 Å². The number of benzene rings is 1. The normalized spacial score (nSPS) is 25.5. The van der Waals surface area contributed by atoms with E-state index in [1.165, 1.54) is 21.4 Å². The van der Waals surface area contributed by atoms with Gasteiger partial charge in [0.2, 0.25) is 22.0 Å². The highest BCUT2D eigenvalue weighted by molar-refractivity contribution is 8.14. The number of carbonyl (C=O) groups is 3. The third-order valence-corrected chi connectivity index (χ3v) is 15.7. The van der Waals surface area contributed by atoms with Gasteiger partial charge in [0.05, 0.1) is 48.0 Å². The molecule has 0 saturated carbocycles. The van der Waals surface area contributed by atoms with Crippen molar-refractivity contribution in [3.63, 3.8) is 0 Å². The van der Waals surface area contributed by atoms with Gasteiger partial charge in [-0.3, -0.25) is 29.4 Å². The molecule has 5 aliphatic rings. The van der Waals surface area contributed by atoms with Gasteiger partial charge in [-0.1, -0.05) is 40.3 Å². The van der Waals surface area contributed by atoms with Gasteiger partial charge in [0, 0.05) is 85.0 Å². The van der Waals surface area contributed by atoms with Crippen LogP contribution in [-0.2, 0) is 47.3 Å². The molecule has 1 aromatic heterocycles. The number of fused-ring (bicyclic) bond motifs is 5. The monoisotopic (exact) mass is 922 g/mol. The molecule has 2 N–H and O–H groups in total. The number of amides is 2. The average Bonchev–Trinajstić information content (AvgIpc) is 4.03. The van der Waals surface area contributed by atoms with E-state index in [9.17, 15) is 27.7 Å². The number of nitrogens with zero attached hydrogens (tertiary/aromatic N) is 7. The molecule has 5 aliphatic heterocycles. The number of esters is 1. The number of aliphatic imine (C=N–C) groups is 2. The smallest absolute Gasteiger partial charge is 0.324 e. The van der Waals surface area contributed by atoms with Crippen LogP contribution in [0, 0.1) is 16.2 Å². The Morgan fingerprint density at radius 3 is 2.69 bits per heavy atom. The summed E-state index contributed by atoms with van der Waals surface area (Å²) in [6.45, 7) is 13.8. The summed E-state index contributed by atoms with van der Waals surface area (Å²) < 4.78 is 40.3. The molecule has 2 amide bonds. The average molecular weight is 923 g/mol. The summed E-state index contributed by atoms with van der Waals surface area (Å²) in [7, 11) is 1.58. The lowest BCUT2D eigenvalue weighted by Crippen LogP contribution is -2.62. The molecule has 7 rings (SSSR count). The molecule has 2 fully saturated rings. The third-order valence-electron chi connectivity index (χ3n) is 13.1. The van der Waals surface area contributed by atoms with Crippen LogP contribution in [0.5, 0.6) is 0 Å². The van der Waals surface area contributed by atoms with E-state index in [0.29, 0.717) is 41.5 Å². The van der Waals surface area contributed by atoms with Gasteiger partial charge in [-0.15, -0.1) is 16.8 Å². The first kappa shape index (κ1) is 47.5. The minimum atomic E-state index is -3.72. The Labute approximate surface area is 380 Å². The molecule has 348 valence electrons. The molecular formula is C45H64N9O8S2+. The second kappa shape index (κ2) is 19.2. The highest BCUT2D eigenvalue weighted by Gasteiger charge is 2.46. The van der Waals surface area contributed by atoms with Gasteiger partial charge in [0.1, 0.15) is 17.0 Å². The highest BCUT2D eigenvalue weighted by Crippen LogP contribution is 2.42. The molecule has 0 aliphatic carbocycles.